The molecule has 0 spiro atoms. The van der Waals surface area contributed by atoms with E-state index in [4.69, 9.17) is 11.6 Å². The molecule has 1 aliphatic rings. The van der Waals surface area contributed by atoms with Gasteiger partial charge in [0.2, 0.25) is 5.91 Å². The molecule has 0 heterocycles. The van der Waals surface area contributed by atoms with E-state index in [-0.39, 0.29) is 5.91 Å². The van der Waals surface area contributed by atoms with Crippen LogP contribution in [0.3, 0.4) is 0 Å². The highest BCUT2D eigenvalue weighted by atomic mass is 35.5. The Bertz CT molecular complexity index is 195. The zero-order valence-electron chi connectivity index (χ0n) is 8.83. The zero-order chi connectivity index (χ0) is 10.6. The molecular weight excluding hydrogens is 218 g/mol. The number of rotatable bonds is 5. The first-order chi connectivity index (χ1) is 6.63. The molecule has 0 saturated heterocycles. The molecule has 1 amide bonds. The second-order valence-electron chi connectivity index (χ2n) is 3.95. The largest absolute Gasteiger partial charge is 0.345 e. The Balaban J connectivity index is 2.14. The second kappa shape index (κ2) is 5.86. The lowest BCUT2D eigenvalue weighted by Gasteiger charge is -2.34. The Morgan fingerprint density at radius 3 is 2.71 bits per heavy atom. The number of amides is 1. The number of nitrogens with zero attached hydrogens (tertiary/aromatic N) is 1. The molecule has 4 heteroatoms. The van der Waals surface area contributed by atoms with Gasteiger partial charge in [0, 0.05) is 31.1 Å². The molecule has 2 nitrogen and oxygen atoms in total. The van der Waals surface area contributed by atoms with Gasteiger partial charge in [0.1, 0.15) is 0 Å². The lowest BCUT2D eigenvalue weighted by Crippen LogP contribution is -2.38. The lowest BCUT2D eigenvalue weighted by molar-refractivity contribution is -0.130. The molecule has 0 bridgehead atoms. The first-order valence-electron chi connectivity index (χ1n) is 5.00. The molecule has 0 aromatic carbocycles. The van der Waals surface area contributed by atoms with Gasteiger partial charge >= 0.3 is 0 Å². The topological polar surface area (TPSA) is 20.3 Å². The Morgan fingerprint density at radius 2 is 2.21 bits per heavy atom. The highest BCUT2D eigenvalue weighted by molar-refractivity contribution is 7.98. The summed E-state index contributed by atoms with van der Waals surface area (Å²) in [4.78, 5) is 13.4. The molecule has 0 unspecified atom stereocenters. The van der Waals surface area contributed by atoms with E-state index in [1.807, 2.05) is 18.2 Å². The molecule has 0 radical (unpaired) electrons. The summed E-state index contributed by atoms with van der Waals surface area (Å²) in [6.07, 6.45) is 4.83. The monoisotopic (exact) mass is 235 g/mol. The van der Waals surface area contributed by atoms with E-state index < -0.39 is 0 Å². The molecular formula is C10H18ClNOS. The van der Waals surface area contributed by atoms with Crippen molar-refractivity contribution < 1.29 is 4.79 Å². The van der Waals surface area contributed by atoms with Crippen LogP contribution >= 0.6 is 23.4 Å². The first-order valence-corrected chi connectivity index (χ1v) is 6.83. The number of hydrogen-bond donors (Lipinski definition) is 0. The Kier molecular flexibility index (Phi) is 5.10. The fourth-order valence-corrected chi connectivity index (χ4v) is 2.56. The summed E-state index contributed by atoms with van der Waals surface area (Å²) in [5.74, 6) is 1.82. The van der Waals surface area contributed by atoms with E-state index in [0.29, 0.717) is 17.7 Å². The van der Waals surface area contributed by atoms with E-state index >= 15 is 0 Å². The molecule has 1 saturated carbocycles. The van der Waals surface area contributed by atoms with Gasteiger partial charge in [-0.2, -0.15) is 11.8 Å². The predicted molar refractivity (Wildman–Crippen MR) is 63.0 cm³/mol. The van der Waals surface area contributed by atoms with Crippen LogP contribution in [0.2, 0.25) is 0 Å². The molecule has 0 aliphatic heterocycles. The number of halogens is 1. The van der Waals surface area contributed by atoms with Crippen LogP contribution in [0.15, 0.2) is 0 Å². The summed E-state index contributed by atoms with van der Waals surface area (Å²) in [5.41, 5.74) is 0. The summed E-state index contributed by atoms with van der Waals surface area (Å²) in [7, 11) is 1.89. The molecule has 1 aliphatic carbocycles. The van der Waals surface area contributed by atoms with Crippen molar-refractivity contribution in [1.29, 1.82) is 0 Å². The van der Waals surface area contributed by atoms with Gasteiger partial charge < -0.3 is 4.90 Å². The third kappa shape index (κ3) is 3.70. The second-order valence-corrected chi connectivity index (χ2v) is 5.55. The molecule has 82 valence electrons. The van der Waals surface area contributed by atoms with Gasteiger partial charge in [-0.3, -0.25) is 4.79 Å². The van der Waals surface area contributed by atoms with Gasteiger partial charge in [0.15, 0.2) is 0 Å². The van der Waals surface area contributed by atoms with Crippen molar-refractivity contribution in [3.8, 4) is 0 Å². The van der Waals surface area contributed by atoms with Crippen LogP contribution in [-0.4, -0.2) is 41.8 Å². The number of carbonyl (C=O) groups is 1. The van der Waals surface area contributed by atoms with Crippen molar-refractivity contribution in [3.05, 3.63) is 0 Å². The van der Waals surface area contributed by atoms with Crippen molar-refractivity contribution in [2.24, 2.45) is 5.92 Å². The maximum Gasteiger partial charge on any atom is 0.223 e. The summed E-state index contributed by atoms with van der Waals surface area (Å²) in [5, 5.41) is 0.356. The summed E-state index contributed by atoms with van der Waals surface area (Å²) >= 11 is 7.60. The minimum absolute atomic E-state index is 0.261. The quantitative estimate of drug-likeness (QED) is 0.682. The van der Waals surface area contributed by atoms with Gasteiger partial charge in [0.05, 0.1) is 0 Å². The summed E-state index contributed by atoms with van der Waals surface area (Å²) in [6.45, 7) is 0.885. The number of thioether (sulfide) groups is 1. The smallest absolute Gasteiger partial charge is 0.223 e. The zero-order valence-corrected chi connectivity index (χ0v) is 10.4. The van der Waals surface area contributed by atoms with E-state index in [0.717, 1.165) is 25.1 Å². The van der Waals surface area contributed by atoms with E-state index in [2.05, 4.69) is 0 Å². The van der Waals surface area contributed by atoms with Crippen molar-refractivity contribution in [1.82, 2.24) is 4.90 Å². The van der Waals surface area contributed by atoms with Crippen LogP contribution in [0.25, 0.3) is 0 Å². The maximum atomic E-state index is 11.5. The van der Waals surface area contributed by atoms with Crippen molar-refractivity contribution in [2.45, 2.75) is 24.6 Å². The Morgan fingerprint density at radius 1 is 1.57 bits per heavy atom. The highest BCUT2D eigenvalue weighted by Gasteiger charge is 2.28. The van der Waals surface area contributed by atoms with Gasteiger partial charge in [-0.15, -0.1) is 11.6 Å². The molecule has 0 aromatic heterocycles. The van der Waals surface area contributed by atoms with Gasteiger partial charge in [0.25, 0.3) is 0 Å². The highest BCUT2D eigenvalue weighted by Crippen LogP contribution is 2.32. The van der Waals surface area contributed by atoms with Crippen LogP contribution in [-0.2, 0) is 4.79 Å². The molecule has 14 heavy (non-hydrogen) atoms. The van der Waals surface area contributed by atoms with Crippen LogP contribution in [0.1, 0.15) is 19.3 Å². The van der Waals surface area contributed by atoms with E-state index in [1.54, 1.807) is 11.8 Å². The van der Waals surface area contributed by atoms with Gasteiger partial charge in [-0.1, -0.05) is 0 Å². The number of carbonyl (C=O) groups excluding carboxylic acids is 1. The number of alkyl halides is 1. The Labute approximate surface area is 95.4 Å². The lowest BCUT2D eigenvalue weighted by atomic mass is 9.84. The van der Waals surface area contributed by atoms with Gasteiger partial charge in [-0.25, -0.2) is 0 Å². The summed E-state index contributed by atoms with van der Waals surface area (Å²) < 4.78 is 0. The molecule has 1 fully saturated rings. The van der Waals surface area contributed by atoms with Crippen molar-refractivity contribution in [2.75, 3.05) is 25.6 Å². The molecule has 0 atom stereocenters. The van der Waals surface area contributed by atoms with Crippen LogP contribution in [0.5, 0.6) is 0 Å². The molecule has 1 rings (SSSR count). The first kappa shape index (κ1) is 12.2. The minimum atomic E-state index is 0.261. The van der Waals surface area contributed by atoms with Crippen LogP contribution < -0.4 is 0 Å². The fourth-order valence-electron chi connectivity index (χ4n) is 1.67. The van der Waals surface area contributed by atoms with Gasteiger partial charge in [-0.05, 0) is 25.0 Å². The average Bonchev–Trinajstić information content (AvgIpc) is 2.11. The third-order valence-corrected chi connectivity index (χ3v) is 3.62. The maximum absolute atomic E-state index is 11.5. The van der Waals surface area contributed by atoms with Crippen molar-refractivity contribution >= 4 is 29.3 Å². The molecule has 0 N–H and O–H groups in total. The van der Waals surface area contributed by atoms with E-state index in [1.165, 1.54) is 0 Å². The fraction of sp³-hybridized carbons (Fsp3) is 0.900. The SMILES string of the molecule is CSCCC(=O)N(C)CC1CC(Cl)C1. The minimum Gasteiger partial charge on any atom is -0.345 e. The molecule has 0 aromatic rings. The van der Waals surface area contributed by atoms with Crippen LogP contribution in [0.4, 0.5) is 0 Å². The normalized spacial score (nSPS) is 25.6. The Hall–Kier alpha value is 0.110. The van der Waals surface area contributed by atoms with Crippen LogP contribution in [0, 0.1) is 5.92 Å². The standard InChI is InChI=1S/C10H18ClNOS/c1-12(10(13)3-4-14-2)7-8-5-9(11)6-8/h8-9H,3-7H2,1-2H3. The third-order valence-electron chi connectivity index (χ3n) is 2.66. The summed E-state index contributed by atoms with van der Waals surface area (Å²) in [6, 6.07) is 0. The van der Waals surface area contributed by atoms with Crippen molar-refractivity contribution in [3.63, 3.8) is 0 Å². The predicted octanol–water partition coefficient (Wildman–Crippen LogP) is 2.22. The number of hydrogen-bond acceptors (Lipinski definition) is 2. The average molecular weight is 236 g/mol. The van der Waals surface area contributed by atoms with E-state index in [9.17, 15) is 4.79 Å².